The topological polar surface area (TPSA) is 84.8 Å². The summed E-state index contributed by atoms with van der Waals surface area (Å²) in [5.74, 6) is 1.44. The number of hydrogen-bond acceptors (Lipinski definition) is 6. The maximum Gasteiger partial charge on any atom is 0.240 e. The van der Waals surface area contributed by atoms with E-state index in [1.165, 1.54) is 0 Å². The Morgan fingerprint density at radius 3 is 3.00 bits per heavy atom. The van der Waals surface area contributed by atoms with Crippen molar-refractivity contribution in [3.8, 4) is 11.9 Å². The molecule has 0 saturated carbocycles. The highest BCUT2D eigenvalue weighted by molar-refractivity contribution is 5.20. The number of methoxy groups -OCH3 is 1. The van der Waals surface area contributed by atoms with Gasteiger partial charge in [-0.15, -0.1) is 0 Å². The molecule has 6 nitrogen and oxygen atoms in total. The van der Waals surface area contributed by atoms with Gasteiger partial charge in [0.1, 0.15) is 6.42 Å². The molecule has 6 heteroatoms. The van der Waals surface area contributed by atoms with Crippen LogP contribution in [0.25, 0.3) is 0 Å². The SMILES string of the molecule is COc1ccc(Cc2noc(CC#N)n2)cn1. The number of nitriles is 1. The van der Waals surface area contributed by atoms with Crippen molar-refractivity contribution in [3.63, 3.8) is 0 Å². The summed E-state index contributed by atoms with van der Waals surface area (Å²) in [7, 11) is 1.56. The van der Waals surface area contributed by atoms with Crippen molar-refractivity contribution in [1.29, 1.82) is 5.26 Å². The Kier molecular flexibility index (Phi) is 3.31. The van der Waals surface area contributed by atoms with Crippen LogP contribution >= 0.6 is 0 Å². The summed E-state index contributed by atoms with van der Waals surface area (Å²) in [6.45, 7) is 0. The molecule has 0 aliphatic heterocycles. The molecule has 2 aromatic heterocycles. The van der Waals surface area contributed by atoms with Gasteiger partial charge in [-0.3, -0.25) is 0 Å². The van der Waals surface area contributed by atoms with Gasteiger partial charge in [-0.25, -0.2) is 4.98 Å². The first-order valence-electron chi connectivity index (χ1n) is 4.99. The lowest BCUT2D eigenvalue weighted by molar-refractivity contribution is 0.382. The van der Waals surface area contributed by atoms with Crippen molar-refractivity contribution in [1.82, 2.24) is 15.1 Å². The summed E-state index contributed by atoms with van der Waals surface area (Å²) in [4.78, 5) is 8.15. The van der Waals surface area contributed by atoms with Gasteiger partial charge in [0.2, 0.25) is 11.8 Å². The molecule has 2 aromatic rings. The Morgan fingerprint density at radius 2 is 2.35 bits per heavy atom. The van der Waals surface area contributed by atoms with Crippen molar-refractivity contribution >= 4 is 0 Å². The van der Waals surface area contributed by atoms with Crippen LogP contribution in [0.4, 0.5) is 0 Å². The van der Waals surface area contributed by atoms with Crippen LogP contribution in [0.3, 0.4) is 0 Å². The number of rotatable bonds is 4. The molecule has 0 N–H and O–H groups in total. The number of nitrogens with zero attached hydrogens (tertiary/aromatic N) is 4. The number of aromatic nitrogens is 3. The van der Waals surface area contributed by atoms with Gasteiger partial charge >= 0.3 is 0 Å². The molecule has 0 atom stereocenters. The Bertz CT molecular complexity index is 527. The normalized spacial score (nSPS) is 9.88. The fraction of sp³-hybridized carbons (Fsp3) is 0.273. The van der Waals surface area contributed by atoms with E-state index < -0.39 is 0 Å². The minimum atomic E-state index is 0.133. The Hall–Kier alpha value is -2.42. The van der Waals surface area contributed by atoms with Crippen LogP contribution in [-0.4, -0.2) is 22.2 Å². The van der Waals surface area contributed by atoms with Gasteiger partial charge in [-0.1, -0.05) is 11.2 Å². The van der Waals surface area contributed by atoms with Crippen LogP contribution in [0.15, 0.2) is 22.9 Å². The second kappa shape index (κ2) is 5.07. The molecule has 17 heavy (non-hydrogen) atoms. The Labute approximate surface area is 97.9 Å². The van der Waals surface area contributed by atoms with Gasteiger partial charge in [-0.2, -0.15) is 10.2 Å². The van der Waals surface area contributed by atoms with Gasteiger partial charge < -0.3 is 9.26 Å². The summed E-state index contributed by atoms with van der Waals surface area (Å²) in [5.41, 5.74) is 0.954. The molecule has 2 heterocycles. The first-order valence-corrected chi connectivity index (χ1v) is 4.99. The Morgan fingerprint density at radius 1 is 1.47 bits per heavy atom. The predicted molar refractivity (Wildman–Crippen MR) is 57.2 cm³/mol. The van der Waals surface area contributed by atoms with Crippen LogP contribution in [-0.2, 0) is 12.8 Å². The molecule has 0 fully saturated rings. The van der Waals surface area contributed by atoms with Crippen molar-refractivity contribution in [2.45, 2.75) is 12.8 Å². The molecule has 0 aliphatic carbocycles. The molecule has 0 amide bonds. The van der Waals surface area contributed by atoms with E-state index in [-0.39, 0.29) is 6.42 Å². The molecule has 0 bridgehead atoms. The highest BCUT2D eigenvalue weighted by Crippen LogP contribution is 2.10. The number of hydrogen-bond donors (Lipinski definition) is 0. The quantitative estimate of drug-likeness (QED) is 0.782. The van der Waals surface area contributed by atoms with Gasteiger partial charge in [0.25, 0.3) is 0 Å². The standard InChI is InChI=1S/C11H10N4O2/c1-16-10-3-2-8(7-13-10)6-9-14-11(4-5-12)17-15-9/h2-3,7H,4,6H2,1H3. The maximum absolute atomic E-state index is 8.47. The zero-order valence-corrected chi connectivity index (χ0v) is 9.25. The first kappa shape index (κ1) is 11.1. The third-order valence-corrected chi connectivity index (χ3v) is 2.11. The van der Waals surface area contributed by atoms with Crippen LogP contribution < -0.4 is 4.74 Å². The monoisotopic (exact) mass is 230 g/mol. The maximum atomic E-state index is 8.47. The van der Waals surface area contributed by atoms with Gasteiger partial charge in [0.15, 0.2) is 5.82 Å². The van der Waals surface area contributed by atoms with Gasteiger partial charge in [0, 0.05) is 18.7 Å². The summed E-state index contributed by atoms with van der Waals surface area (Å²) in [6, 6.07) is 5.60. The second-order valence-electron chi connectivity index (χ2n) is 3.32. The molecule has 0 saturated heterocycles. The van der Waals surface area contributed by atoms with E-state index >= 15 is 0 Å². The third kappa shape index (κ3) is 2.78. The van der Waals surface area contributed by atoms with Crippen LogP contribution in [0, 0.1) is 11.3 Å². The molecule has 2 rings (SSSR count). The lowest BCUT2D eigenvalue weighted by Gasteiger charge is -1.99. The van der Waals surface area contributed by atoms with Crippen molar-refractivity contribution in [2.24, 2.45) is 0 Å². The summed E-state index contributed by atoms with van der Waals surface area (Å²) < 4.78 is 9.85. The minimum absolute atomic E-state index is 0.133. The summed E-state index contributed by atoms with van der Waals surface area (Å²) in [5, 5.41) is 12.3. The minimum Gasteiger partial charge on any atom is -0.481 e. The molecular formula is C11H10N4O2. The Balaban J connectivity index is 2.06. The first-order chi connectivity index (χ1) is 8.31. The van der Waals surface area contributed by atoms with Crippen molar-refractivity contribution in [3.05, 3.63) is 35.6 Å². The lowest BCUT2D eigenvalue weighted by Crippen LogP contribution is -1.93. The highest BCUT2D eigenvalue weighted by Gasteiger charge is 2.06. The van der Waals surface area contributed by atoms with E-state index in [0.717, 1.165) is 5.56 Å². The fourth-order valence-corrected chi connectivity index (χ4v) is 1.32. The largest absolute Gasteiger partial charge is 0.481 e. The second-order valence-corrected chi connectivity index (χ2v) is 3.32. The molecule has 0 aliphatic rings. The summed E-state index contributed by atoms with van der Waals surface area (Å²) >= 11 is 0. The molecular weight excluding hydrogens is 220 g/mol. The van der Waals surface area contributed by atoms with E-state index in [2.05, 4.69) is 15.1 Å². The van der Waals surface area contributed by atoms with E-state index in [1.807, 2.05) is 12.1 Å². The average Bonchev–Trinajstić information content (AvgIpc) is 2.78. The number of pyridine rings is 1. The highest BCUT2D eigenvalue weighted by atomic mass is 16.5. The van der Waals surface area contributed by atoms with Crippen LogP contribution in [0.1, 0.15) is 17.3 Å². The third-order valence-electron chi connectivity index (χ3n) is 2.11. The van der Waals surface area contributed by atoms with E-state index in [9.17, 15) is 0 Å². The predicted octanol–water partition coefficient (Wildman–Crippen LogP) is 1.13. The number of ether oxygens (including phenoxy) is 1. The zero-order chi connectivity index (χ0) is 12.1. The van der Waals surface area contributed by atoms with E-state index in [1.54, 1.807) is 19.4 Å². The fourth-order valence-electron chi connectivity index (χ4n) is 1.32. The molecule has 86 valence electrons. The lowest BCUT2D eigenvalue weighted by atomic mass is 10.2. The summed E-state index contributed by atoms with van der Waals surface area (Å²) in [6.07, 6.45) is 2.35. The van der Waals surface area contributed by atoms with Gasteiger partial charge in [0.05, 0.1) is 13.2 Å². The van der Waals surface area contributed by atoms with E-state index in [0.29, 0.717) is 24.0 Å². The zero-order valence-electron chi connectivity index (χ0n) is 9.25. The molecule has 0 spiro atoms. The van der Waals surface area contributed by atoms with E-state index in [4.69, 9.17) is 14.5 Å². The molecule has 0 aromatic carbocycles. The van der Waals surface area contributed by atoms with Crippen molar-refractivity contribution < 1.29 is 9.26 Å². The molecule has 0 unspecified atom stereocenters. The van der Waals surface area contributed by atoms with Crippen LogP contribution in [0.2, 0.25) is 0 Å². The molecule has 0 radical (unpaired) electrons. The van der Waals surface area contributed by atoms with Crippen LogP contribution in [0.5, 0.6) is 5.88 Å². The van der Waals surface area contributed by atoms with Crippen molar-refractivity contribution in [2.75, 3.05) is 7.11 Å². The van der Waals surface area contributed by atoms with Gasteiger partial charge in [-0.05, 0) is 5.56 Å². The smallest absolute Gasteiger partial charge is 0.240 e. The average molecular weight is 230 g/mol.